The lowest BCUT2D eigenvalue weighted by molar-refractivity contribution is 0.0357. The minimum absolute atomic E-state index is 0.0737. The lowest BCUT2D eigenvalue weighted by Crippen LogP contribution is -2.50. The van der Waals surface area contributed by atoms with Crippen LogP contribution in [0.5, 0.6) is 0 Å². The molecular formula is C12H21NO. The molecule has 2 nitrogen and oxygen atoms in total. The Morgan fingerprint density at radius 2 is 2.21 bits per heavy atom. The lowest BCUT2D eigenvalue weighted by Gasteiger charge is -2.30. The third kappa shape index (κ3) is 2.50. The first-order valence-electron chi connectivity index (χ1n) is 5.42. The fourth-order valence-corrected chi connectivity index (χ4v) is 2.06. The van der Waals surface area contributed by atoms with Gasteiger partial charge in [-0.15, -0.1) is 6.42 Å². The highest BCUT2D eigenvalue weighted by atomic mass is 16.3. The Labute approximate surface area is 87.1 Å². The van der Waals surface area contributed by atoms with Crippen LogP contribution in [-0.2, 0) is 0 Å². The van der Waals surface area contributed by atoms with E-state index in [-0.39, 0.29) is 12.1 Å². The van der Waals surface area contributed by atoms with Crippen LogP contribution < -0.4 is 5.32 Å². The minimum atomic E-state index is -0.579. The fourth-order valence-electron chi connectivity index (χ4n) is 2.06. The zero-order chi connectivity index (χ0) is 10.8. The van der Waals surface area contributed by atoms with Gasteiger partial charge in [-0.05, 0) is 32.1 Å². The second kappa shape index (κ2) is 4.33. The van der Waals surface area contributed by atoms with Gasteiger partial charge in [0.25, 0.3) is 0 Å². The van der Waals surface area contributed by atoms with Gasteiger partial charge in [0.05, 0.1) is 11.6 Å². The summed E-state index contributed by atoms with van der Waals surface area (Å²) in [5.41, 5.74) is -0.579. The van der Waals surface area contributed by atoms with Gasteiger partial charge in [0, 0.05) is 6.04 Å². The quantitative estimate of drug-likeness (QED) is 0.669. The Balaban J connectivity index is 2.55. The standard InChI is InChI=1S/C12H21NO/c1-5-10(9(2)3)13-11-7-6-8-12(11,4)14/h1,9-11,13-14H,6-8H2,2-4H3. The van der Waals surface area contributed by atoms with Gasteiger partial charge in [0.1, 0.15) is 0 Å². The van der Waals surface area contributed by atoms with Gasteiger partial charge in [-0.1, -0.05) is 19.8 Å². The van der Waals surface area contributed by atoms with E-state index in [4.69, 9.17) is 6.42 Å². The van der Waals surface area contributed by atoms with E-state index < -0.39 is 5.60 Å². The van der Waals surface area contributed by atoms with Gasteiger partial charge < -0.3 is 5.11 Å². The molecule has 0 radical (unpaired) electrons. The van der Waals surface area contributed by atoms with Crippen molar-refractivity contribution in [1.29, 1.82) is 0 Å². The minimum Gasteiger partial charge on any atom is -0.389 e. The van der Waals surface area contributed by atoms with E-state index in [0.29, 0.717) is 5.92 Å². The summed E-state index contributed by atoms with van der Waals surface area (Å²) in [6.45, 7) is 6.09. The second-order valence-electron chi connectivity index (χ2n) is 4.86. The van der Waals surface area contributed by atoms with Crippen LogP contribution >= 0.6 is 0 Å². The summed E-state index contributed by atoms with van der Waals surface area (Å²) >= 11 is 0. The Kier molecular flexibility index (Phi) is 3.58. The molecule has 0 aromatic carbocycles. The fraction of sp³-hybridized carbons (Fsp3) is 0.833. The van der Waals surface area contributed by atoms with Crippen molar-refractivity contribution in [3.63, 3.8) is 0 Å². The smallest absolute Gasteiger partial charge is 0.0772 e. The van der Waals surface area contributed by atoms with Crippen LogP contribution in [0.25, 0.3) is 0 Å². The molecule has 2 heteroatoms. The van der Waals surface area contributed by atoms with Crippen molar-refractivity contribution in [2.24, 2.45) is 5.92 Å². The van der Waals surface area contributed by atoms with Crippen molar-refractivity contribution < 1.29 is 5.11 Å². The molecule has 1 aliphatic carbocycles. The Hall–Kier alpha value is -0.520. The van der Waals surface area contributed by atoms with Crippen LogP contribution in [0.2, 0.25) is 0 Å². The van der Waals surface area contributed by atoms with Crippen LogP contribution in [0.1, 0.15) is 40.0 Å². The molecule has 0 bridgehead atoms. The van der Waals surface area contributed by atoms with E-state index in [1.807, 2.05) is 6.92 Å². The molecule has 1 aliphatic rings. The highest BCUT2D eigenvalue weighted by molar-refractivity contribution is 5.05. The van der Waals surface area contributed by atoms with E-state index in [1.165, 1.54) is 0 Å². The van der Waals surface area contributed by atoms with Crippen LogP contribution in [-0.4, -0.2) is 22.8 Å². The molecule has 0 spiro atoms. The second-order valence-corrected chi connectivity index (χ2v) is 4.86. The van der Waals surface area contributed by atoms with Gasteiger partial charge >= 0.3 is 0 Å². The monoisotopic (exact) mass is 195 g/mol. The molecule has 80 valence electrons. The normalized spacial score (nSPS) is 34.4. The van der Waals surface area contributed by atoms with E-state index in [9.17, 15) is 5.11 Å². The maximum atomic E-state index is 10.0. The maximum Gasteiger partial charge on any atom is 0.0772 e. The molecule has 14 heavy (non-hydrogen) atoms. The van der Waals surface area contributed by atoms with Crippen molar-refractivity contribution in [2.45, 2.75) is 57.7 Å². The molecule has 1 rings (SSSR count). The molecule has 0 aromatic heterocycles. The number of hydrogen-bond donors (Lipinski definition) is 2. The van der Waals surface area contributed by atoms with Gasteiger partial charge in [-0.25, -0.2) is 0 Å². The van der Waals surface area contributed by atoms with Crippen molar-refractivity contribution >= 4 is 0 Å². The first kappa shape index (κ1) is 11.6. The van der Waals surface area contributed by atoms with Crippen molar-refractivity contribution in [3.8, 4) is 12.3 Å². The lowest BCUT2D eigenvalue weighted by atomic mass is 9.97. The average Bonchev–Trinajstić information content (AvgIpc) is 2.40. The molecule has 0 aromatic rings. The third-order valence-electron chi connectivity index (χ3n) is 3.15. The summed E-state index contributed by atoms with van der Waals surface area (Å²) in [6.07, 6.45) is 8.43. The summed E-state index contributed by atoms with van der Waals surface area (Å²) in [6, 6.07) is 0.232. The first-order chi connectivity index (χ1) is 6.47. The number of hydrogen-bond acceptors (Lipinski definition) is 2. The van der Waals surface area contributed by atoms with E-state index in [1.54, 1.807) is 0 Å². The molecule has 0 aliphatic heterocycles. The molecule has 2 N–H and O–H groups in total. The summed E-state index contributed by atoms with van der Waals surface area (Å²) in [4.78, 5) is 0. The topological polar surface area (TPSA) is 32.3 Å². The molecule has 0 heterocycles. The van der Waals surface area contributed by atoms with Gasteiger partial charge in [-0.3, -0.25) is 5.32 Å². The molecule has 0 saturated heterocycles. The Morgan fingerprint density at radius 1 is 1.57 bits per heavy atom. The van der Waals surface area contributed by atoms with Crippen LogP contribution in [0.15, 0.2) is 0 Å². The first-order valence-corrected chi connectivity index (χ1v) is 5.42. The zero-order valence-corrected chi connectivity index (χ0v) is 9.38. The summed E-state index contributed by atoms with van der Waals surface area (Å²) < 4.78 is 0. The average molecular weight is 195 g/mol. The van der Waals surface area contributed by atoms with Crippen LogP contribution in [0.3, 0.4) is 0 Å². The van der Waals surface area contributed by atoms with Gasteiger partial charge in [0.15, 0.2) is 0 Å². The predicted octanol–water partition coefficient (Wildman–Crippen LogP) is 1.54. The molecule has 3 unspecified atom stereocenters. The summed E-state index contributed by atoms with van der Waals surface area (Å²) in [5, 5.41) is 13.4. The highest BCUT2D eigenvalue weighted by Gasteiger charge is 2.37. The van der Waals surface area contributed by atoms with Crippen LogP contribution in [0.4, 0.5) is 0 Å². The molecular weight excluding hydrogens is 174 g/mol. The summed E-state index contributed by atoms with van der Waals surface area (Å²) in [7, 11) is 0. The number of aliphatic hydroxyl groups is 1. The molecule has 1 fully saturated rings. The van der Waals surface area contributed by atoms with Crippen molar-refractivity contribution in [3.05, 3.63) is 0 Å². The van der Waals surface area contributed by atoms with Gasteiger partial charge in [0.2, 0.25) is 0 Å². The SMILES string of the molecule is C#CC(NC1CCCC1(C)O)C(C)C. The molecule has 3 atom stereocenters. The Bertz CT molecular complexity index is 227. The number of nitrogens with one attached hydrogen (secondary N) is 1. The third-order valence-corrected chi connectivity index (χ3v) is 3.15. The largest absolute Gasteiger partial charge is 0.389 e. The number of terminal acetylenes is 1. The highest BCUT2D eigenvalue weighted by Crippen LogP contribution is 2.30. The van der Waals surface area contributed by atoms with Crippen LogP contribution in [0, 0.1) is 18.3 Å². The Morgan fingerprint density at radius 3 is 2.57 bits per heavy atom. The van der Waals surface area contributed by atoms with E-state index in [0.717, 1.165) is 19.3 Å². The van der Waals surface area contributed by atoms with Crippen molar-refractivity contribution in [2.75, 3.05) is 0 Å². The molecule has 1 saturated carbocycles. The molecule has 0 amide bonds. The number of rotatable bonds is 3. The van der Waals surface area contributed by atoms with Gasteiger partial charge in [-0.2, -0.15) is 0 Å². The van der Waals surface area contributed by atoms with E-state index >= 15 is 0 Å². The zero-order valence-electron chi connectivity index (χ0n) is 9.38. The summed E-state index contributed by atoms with van der Waals surface area (Å²) in [5.74, 6) is 3.16. The van der Waals surface area contributed by atoms with Crippen molar-refractivity contribution in [1.82, 2.24) is 5.32 Å². The maximum absolute atomic E-state index is 10.0. The van der Waals surface area contributed by atoms with E-state index in [2.05, 4.69) is 25.1 Å². The predicted molar refractivity (Wildman–Crippen MR) is 58.9 cm³/mol.